The summed E-state index contributed by atoms with van der Waals surface area (Å²) >= 11 is 6.10. The lowest BCUT2D eigenvalue weighted by Crippen LogP contribution is -2.13. The first-order valence-corrected chi connectivity index (χ1v) is 6.83. The van der Waals surface area contributed by atoms with E-state index in [1.807, 2.05) is 25.1 Å². The summed E-state index contributed by atoms with van der Waals surface area (Å²) in [5, 5.41) is 9.82. The Morgan fingerprint density at radius 1 is 1.20 bits per heavy atom. The average molecular weight is 284 g/mol. The number of halogens is 1. The van der Waals surface area contributed by atoms with Crippen LogP contribution in [0.3, 0.4) is 0 Å². The lowest BCUT2D eigenvalue weighted by atomic mass is 9.89. The van der Waals surface area contributed by atoms with Crippen molar-refractivity contribution < 1.29 is 4.79 Å². The fraction of sp³-hybridized carbons (Fsp3) is 0.176. The van der Waals surface area contributed by atoms with E-state index in [4.69, 9.17) is 11.6 Å². The highest BCUT2D eigenvalue weighted by atomic mass is 35.5. The first-order valence-electron chi connectivity index (χ1n) is 6.45. The first kappa shape index (κ1) is 14.3. The van der Waals surface area contributed by atoms with Gasteiger partial charge in [0.2, 0.25) is 0 Å². The van der Waals surface area contributed by atoms with Gasteiger partial charge in [-0.15, -0.1) is 0 Å². The summed E-state index contributed by atoms with van der Waals surface area (Å²) in [7, 11) is 0. The highest BCUT2D eigenvalue weighted by molar-refractivity contribution is 6.31. The summed E-state index contributed by atoms with van der Waals surface area (Å²) in [6, 6.07) is 16.4. The third-order valence-electron chi connectivity index (χ3n) is 3.27. The second-order valence-corrected chi connectivity index (χ2v) is 4.87. The van der Waals surface area contributed by atoms with Crippen LogP contribution in [-0.4, -0.2) is 5.78 Å². The van der Waals surface area contributed by atoms with E-state index >= 15 is 0 Å². The molecule has 0 heterocycles. The van der Waals surface area contributed by atoms with Gasteiger partial charge in [0.25, 0.3) is 0 Å². The van der Waals surface area contributed by atoms with Crippen LogP contribution >= 0.6 is 11.6 Å². The molecule has 2 nitrogen and oxygen atoms in total. The molecule has 2 rings (SSSR count). The lowest BCUT2D eigenvalue weighted by molar-refractivity contribution is 0.0978. The van der Waals surface area contributed by atoms with Gasteiger partial charge in [-0.1, -0.05) is 61.0 Å². The Labute approximate surface area is 123 Å². The van der Waals surface area contributed by atoms with Gasteiger partial charge in [0.15, 0.2) is 5.78 Å². The molecule has 1 atom stereocenters. The molecule has 0 radical (unpaired) electrons. The molecule has 0 saturated heterocycles. The van der Waals surface area contributed by atoms with Gasteiger partial charge in [-0.25, -0.2) is 0 Å². The van der Waals surface area contributed by atoms with Crippen LogP contribution < -0.4 is 0 Å². The molecule has 0 aliphatic heterocycles. The number of carbonyl (C=O) groups is 1. The summed E-state index contributed by atoms with van der Waals surface area (Å²) in [5.41, 5.74) is 2.11. The molecule has 0 amide bonds. The van der Waals surface area contributed by atoms with E-state index < -0.39 is 5.92 Å². The van der Waals surface area contributed by atoms with Crippen LogP contribution in [-0.2, 0) is 6.42 Å². The number of nitriles is 1. The molecular weight excluding hydrogens is 270 g/mol. The van der Waals surface area contributed by atoms with Crippen molar-refractivity contribution in [3.8, 4) is 6.07 Å². The van der Waals surface area contributed by atoms with Crippen molar-refractivity contribution >= 4 is 17.4 Å². The van der Waals surface area contributed by atoms with Crippen LogP contribution in [0.15, 0.2) is 48.5 Å². The maximum Gasteiger partial charge on any atom is 0.184 e. The molecule has 0 N–H and O–H groups in total. The van der Waals surface area contributed by atoms with Crippen LogP contribution in [0.25, 0.3) is 0 Å². The van der Waals surface area contributed by atoms with Crippen molar-refractivity contribution in [2.45, 2.75) is 19.3 Å². The number of hydrogen-bond donors (Lipinski definition) is 0. The molecule has 0 aliphatic rings. The van der Waals surface area contributed by atoms with E-state index in [0.717, 1.165) is 12.0 Å². The fourth-order valence-corrected chi connectivity index (χ4v) is 2.45. The Bertz CT molecular complexity index is 673. The highest BCUT2D eigenvalue weighted by Gasteiger charge is 2.25. The van der Waals surface area contributed by atoms with Gasteiger partial charge in [-0.05, 0) is 23.6 Å². The topological polar surface area (TPSA) is 40.9 Å². The van der Waals surface area contributed by atoms with Gasteiger partial charge in [0.1, 0.15) is 5.92 Å². The third kappa shape index (κ3) is 2.74. The van der Waals surface area contributed by atoms with Gasteiger partial charge in [-0.2, -0.15) is 5.26 Å². The van der Waals surface area contributed by atoms with Gasteiger partial charge in [0, 0.05) is 10.6 Å². The third-order valence-corrected chi connectivity index (χ3v) is 3.62. The zero-order valence-electron chi connectivity index (χ0n) is 11.1. The Hall–Kier alpha value is -2.11. The minimum Gasteiger partial charge on any atom is -0.292 e. The number of nitrogens with zero attached hydrogens (tertiary/aromatic N) is 1. The van der Waals surface area contributed by atoms with Gasteiger partial charge >= 0.3 is 0 Å². The molecule has 0 spiro atoms. The second kappa shape index (κ2) is 6.36. The summed E-state index contributed by atoms with van der Waals surface area (Å²) < 4.78 is 0. The summed E-state index contributed by atoms with van der Waals surface area (Å²) in [6.07, 6.45) is 0.753. The predicted molar refractivity (Wildman–Crippen MR) is 80.0 cm³/mol. The number of ketones is 1. The van der Waals surface area contributed by atoms with Crippen LogP contribution in [0.2, 0.25) is 5.02 Å². The zero-order valence-corrected chi connectivity index (χ0v) is 11.9. The number of carbonyl (C=O) groups excluding carboxylic acids is 1. The largest absolute Gasteiger partial charge is 0.292 e. The van der Waals surface area contributed by atoms with Crippen molar-refractivity contribution in [1.82, 2.24) is 0 Å². The Morgan fingerprint density at radius 2 is 1.85 bits per heavy atom. The lowest BCUT2D eigenvalue weighted by Gasteiger charge is -2.12. The summed E-state index contributed by atoms with van der Waals surface area (Å²) in [6.45, 7) is 1.99. The smallest absolute Gasteiger partial charge is 0.184 e. The second-order valence-electron chi connectivity index (χ2n) is 4.46. The maximum absolute atomic E-state index is 12.6. The molecular formula is C17H14ClNO. The molecule has 2 aromatic rings. The molecule has 20 heavy (non-hydrogen) atoms. The molecule has 100 valence electrons. The normalized spacial score (nSPS) is 11.7. The van der Waals surface area contributed by atoms with E-state index in [-0.39, 0.29) is 5.78 Å². The molecule has 0 saturated carbocycles. The van der Waals surface area contributed by atoms with Gasteiger partial charge in [-0.3, -0.25) is 4.79 Å². The molecule has 3 heteroatoms. The number of aryl methyl sites for hydroxylation is 1. The predicted octanol–water partition coefficient (Wildman–Crippen LogP) is 4.39. The van der Waals surface area contributed by atoms with Crippen molar-refractivity contribution in [2.24, 2.45) is 0 Å². The minimum absolute atomic E-state index is 0.196. The van der Waals surface area contributed by atoms with Crippen molar-refractivity contribution in [3.05, 3.63) is 70.2 Å². The molecule has 1 unspecified atom stereocenters. The Morgan fingerprint density at radius 3 is 2.50 bits per heavy atom. The standard InChI is InChI=1S/C17H14ClNO/c1-2-12-7-3-4-8-13(12)17(20)15(11-19)14-9-5-6-10-16(14)18/h3-10,15H,2H2,1H3. The zero-order chi connectivity index (χ0) is 14.5. The summed E-state index contributed by atoms with van der Waals surface area (Å²) in [5.74, 6) is -1.06. The van der Waals surface area contributed by atoms with Crippen molar-refractivity contribution in [1.29, 1.82) is 5.26 Å². The number of benzene rings is 2. The number of hydrogen-bond acceptors (Lipinski definition) is 2. The van der Waals surface area contributed by atoms with E-state index in [1.165, 1.54) is 0 Å². The van der Waals surface area contributed by atoms with Crippen LogP contribution in [0, 0.1) is 11.3 Å². The van der Waals surface area contributed by atoms with Crippen molar-refractivity contribution in [3.63, 3.8) is 0 Å². The first-order chi connectivity index (χ1) is 9.69. The Kier molecular flexibility index (Phi) is 4.55. The van der Waals surface area contributed by atoms with E-state index in [1.54, 1.807) is 30.3 Å². The van der Waals surface area contributed by atoms with E-state index in [9.17, 15) is 10.1 Å². The van der Waals surface area contributed by atoms with Crippen molar-refractivity contribution in [2.75, 3.05) is 0 Å². The number of rotatable bonds is 4. The van der Waals surface area contributed by atoms with Crippen LogP contribution in [0.4, 0.5) is 0 Å². The molecule has 2 aromatic carbocycles. The van der Waals surface area contributed by atoms with Gasteiger partial charge < -0.3 is 0 Å². The van der Waals surface area contributed by atoms with E-state index in [0.29, 0.717) is 16.1 Å². The molecule has 0 bridgehead atoms. The van der Waals surface area contributed by atoms with E-state index in [2.05, 4.69) is 6.07 Å². The highest BCUT2D eigenvalue weighted by Crippen LogP contribution is 2.28. The summed E-state index contributed by atoms with van der Waals surface area (Å²) in [4.78, 5) is 12.6. The monoisotopic (exact) mass is 283 g/mol. The maximum atomic E-state index is 12.6. The number of Topliss-reactive ketones (excluding diaryl/α,β-unsaturated/α-hetero) is 1. The average Bonchev–Trinajstić information content (AvgIpc) is 2.49. The van der Waals surface area contributed by atoms with Crippen LogP contribution in [0.1, 0.15) is 34.3 Å². The fourth-order valence-electron chi connectivity index (χ4n) is 2.20. The SMILES string of the molecule is CCc1ccccc1C(=O)C(C#N)c1ccccc1Cl. The van der Waals surface area contributed by atoms with Gasteiger partial charge in [0.05, 0.1) is 6.07 Å². The molecule has 0 fully saturated rings. The minimum atomic E-state index is -0.864. The Balaban J connectivity index is 2.46. The molecule has 0 aromatic heterocycles. The molecule has 0 aliphatic carbocycles. The quantitative estimate of drug-likeness (QED) is 0.781. The van der Waals surface area contributed by atoms with Crippen LogP contribution in [0.5, 0.6) is 0 Å².